The van der Waals surface area contributed by atoms with Gasteiger partial charge in [0.25, 0.3) is 5.56 Å². The van der Waals surface area contributed by atoms with Crippen molar-refractivity contribution in [3.63, 3.8) is 0 Å². The van der Waals surface area contributed by atoms with Gasteiger partial charge in [-0.05, 0) is 37.4 Å². The molecular formula is C23H25F3N4O2. The lowest BCUT2D eigenvalue weighted by atomic mass is 9.92. The highest BCUT2D eigenvalue weighted by Gasteiger charge is 2.37. The summed E-state index contributed by atoms with van der Waals surface area (Å²) in [6, 6.07) is 11.1. The van der Waals surface area contributed by atoms with Crippen LogP contribution in [0, 0.1) is 0 Å². The van der Waals surface area contributed by atoms with E-state index in [1.807, 2.05) is 18.2 Å². The highest BCUT2D eigenvalue weighted by molar-refractivity contribution is 5.79. The van der Waals surface area contributed by atoms with Gasteiger partial charge < -0.3 is 4.90 Å². The molecule has 6 nitrogen and oxygen atoms in total. The third-order valence-electron chi connectivity index (χ3n) is 6.22. The van der Waals surface area contributed by atoms with E-state index in [1.54, 1.807) is 0 Å². The third kappa shape index (κ3) is 4.21. The first kappa shape index (κ1) is 22.3. The summed E-state index contributed by atoms with van der Waals surface area (Å²) in [5.41, 5.74) is -1.45. The van der Waals surface area contributed by atoms with Gasteiger partial charge in [-0.25, -0.2) is 9.78 Å². The number of pyridine rings is 1. The minimum atomic E-state index is -4.73. The molecule has 3 heterocycles. The second-order valence-corrected chi connectivity index (χ2v) is 8.37. The van der Waals surface area contributed by atoms with Crippen molar-refractivity contribution in [1.82, 2.24) is 19.0 Å². The molecule has 3 aromatic rings. The van der Waals surface area contributed by atoms with Gasteiger partial charge in [0.1, 0.15) is 5.65 Å². The van der Waals surface area contributed by atoms with Crippen molar-refractivity contribution in [1.29, 1.82) is 0 Å². The van der Waals surface area contributed by atoms with E-state index >= 15 is 0 Å². The van der Waals surface area contributed by atoms with E-state index < -0.39 is 28.4 Å². The Morgan fingerprint density at radius 2 is 1.81 bits per heavy atom. The van der Waals surface area contributed by atoms with Gasteiger partial charge in [0.2, 0.25) is 0 Å². The fourth-order valence-electron chi connectivity index (χ4n) is 4.44. The molecule has 32 heavy (non-hydrogen) atoms. The number of halogens is 3. The quantitative estimate of drug-likeness (QED) is 0.618. The van der Waals surface area contributed by atoms with E-state index in [2.05, 4.69) is 22.0 Å². The molecule has 1 aliphatic heterocycles. The first-order valence-electron chi connectivity index (χ1n) is 10.6. The van der Waals surface area contributed by atoms with Crippen LogP contribution in [0.15, 0.2) is 46.0 Å². The predicted molar refractivity (Wildman–Crippen MR) is 116 cm³/mol. The lowest BCUT2D eigenvalue weighted by molar-refractivity contribution is -0.136. The van der Waals surface area contributed by atoms with E-state index in [0.29, 0.717) is 17.5 Å². The zero-order valence-corrected chi connectivity index (χ0v) is 18.0. The summed E-state index contributed by atoms with van der Waals surface area (Å²) in [6.45, 7) is 2.27. The first-order valence-corrected chi connectivity index (χ1v) is 10.6. The molecule has 0 amide bonds. The molecule has 1 atom stereocenters. The molecule has 0 N–H and O–H groups in total. The van der Waals surface area contributed by atoms with Gasteiger partial charge in [0.05, 0.1) is 10.9 Å². The van der Waals surface area contributed by atoms with Crippen LogP contribution in [-0.4, -0.2) is 38.7 Å². The Balaban J connectivity index is 1.71. The van der Waals surface area contributed by atoms with E-state index in [-0.39, 0.29) is 17.3 Å². The van der Waals surface area contributed by atoms with Gasteiger partial charge in [-0.2, -0.15) is 13.2 Å². The summed E-state index contributed by atoms with van der Waals surface area (Å²) in [6.07, 6.45) is -2.33. The minimum absolute atomic E-state index is 0.204. The Bertz CT molecular complexity index is 1250. The summed E-state index contributed by atoms with van der Waals surface area (Å²) in [5.74, 6) is -0.204. The number of aryl methyl sites for hydroxylation is 1. The number of piperidine rings is 1. The average Bonchev–Trinajstić information content (AvgIpc) is 2.79. The first-order chi connectivity index (χ1) is 15.2. The highest BCUT2D eigenvalue weighted by Crippen LogP contribution is 2.36. The van der Waals surface area contributed by atoms with Crippen LogP contribution in [0.25, 0.3) is 11.0 Å². The van der Waals surface area contributed by atoms with Crippen molar-refractivity contribution in [3.05, 3.63) is 74.1 Å². The Kier molecular flexibility index (Phi) is 5.94. The van der Waals surface area contributed by atoms with Crippen molar-refractivity contribution >= 4 is 11.0 Å². The zero-order valence-electron chi connectivity index (χ0n) is 18.0. The van der Waals surface area contributed by atoms with Crippen LogP contribution >= 0.6 is 0 Å². The Labute approximate surface area is 182 Å². The molecule has 170 valence electrons. The number of rotatable bonds is 4. The standard InChI is InChI=1S/C23H25F3N4O2/c1-28-20-19(21(31)29(2)22(28)32)17(23(24,25)26)13-18(27-20)16-9-6-11-30(14-16)12-10-15-7-4-3-5-8-15/h3-5,7-8,13,16H,6,9-12,14H2,1-2H3. The zero-order chi connectivity index (χ0) is 23.0. The lowest BCUT2D eigenvalue weighted by Crippen LogP contribution is -2.39. The summed E-state index contributed by atoms with van der Waals surface area (Å²) < 4.78 is 43.5. The van der Waals surface area contributed by atoms with E-state index in [4.69, 9.17) is 0 Å². The Morgan fingerprint density at radius 3 is 2.50 bits per heavy atom. The van der Waals surface area contributed by atoms with Crippen LogP contribution < -0.4 is 11.2 Å². The maximum absolute atomic E-state index is 13.9. The van der Waals surface area contributed by atoms with Gasteiger partial charge in [0, 0.05) is 38.8 Å². The van der Waals surface area contributed by atoms with Gasteiger partial charge in [-0.15, -0.1) is 0 Å². The molecule has 0 aliphatic carbocycles. The molecule has 1 aliphatic rings. The number of aromatic nitrogens is 3. The fraction of sp³-hybridized carbons (Fsp3) is 0.435. The van der Waals surface area contributed by atoms with Crippen molar-refractivity contribution < 1.29 is 13.2 Å². The van der Waals surface area contributed by atoms with E-state index in [1.165, 1.54) is 19.7 Å². The maximum atomic E-state index is 13.9. The largest absolute Gasteiger partial charge is 0.417 e. The highest BCUT2D eigenvalue weighted by atomic mass is 19.4. The van der Waals surface area contributed by atoms with Crippen molar-refractivity contribution in [2.75, 3.05) is 19.6 Å². The van der Waals surface area contributed by atoms with Crippen LogP contribution in [0.5, 0.6) is 0 Å². The molecule has 1 unspecified atom stereocenters. The number of benzene rings is 1. The molecule has 1 aromatic carbocycles. The molecule has 0 saturated carbocycles. The summed E-state index contributed by atoms with van der Waals surface area (Å²) in [7, 11) is 2.51. The minimum Gasteiger partial charge on any atom is -0.302 e. The number of fused-ring (bicyclic) bond motifs is 1. The van der Waals surface area contributed by atoms with Crippen LogP contribution in [0.1, 0.15) is 35.6 Å². The molecule has 9 heteroatoms. The number of likely N-dealkylation sites (tertiary alicyclic amines) is 1. The second-order valence-electron chi connectivity index (χ2n) is 8.37. The third-order valence-corrected chi connectivity index (χ3v) is 6.22. The average molecular weight is 446 g/mol. The Morgan fingerprint density at radius 1 is 1.09 bits per heavy atom. The summed E-state index contributed by atoms with van der Waals surface area (Å²) in [5, 5.41) is -0.567. The monoisotopic (exact) mass is 446 g/mol. The fourth-order valence-corrected chi connectivity index (χ4v) is 4.44. The maximum Gasteiger partial charge on any atom is 0.417 e. The molecule has 1 saturated heterocycles. The summed E-state index contributed by atoms with van der Waals surface area (Å²) in [4.78, 5) is 31.5. The van der Waals surface area contributed by atoms with Crippen LogP contribution in [-0.2, 0) is 26.7 Å². The van der Waals surface area contributed by atoms with Crippen LogP contribution in [0.2, 0.25) is 0 Å². The van der Waals surface area contributed by atoms with Crippen LogP contribution in [0.4, 0.5) is 13.2 Å². The lowest BCUT2D eigenvalue weighted by Gasteiger charge is -2.33. The number of alkyl halides is 3. The molecule has 0 bridgehead atoms. The van der Waals surface area contributed by atoms with E-state index in [0.717, 1.165) is 36.6 Å². The van der Waals surface area contributed by atoms with Gasteiger partial charge in [-0.3, -0.25) is 13.9 Å². The molecule has 1 fully saturated rings. The smallest absolute Gasteiger partial charge is 0.302 e. The van der Waals surface area contributed by atoms with Gasteiger partial charge in [0.15, 0.2) is 0 Å². The van der Waals surface area contributed by atoms with Gasteiger partial charge in [-0.1, -0.05) is 30.3 Å². The van der Waals surface area contributed by atoms with Gasteiger partial charge >= 0.3 is 11.9 Å². The van der Waals surface area contributed by atoms with Crippen LogP contribution in [0.3, 0.4) is 0 Å². The second kappa shape index (κ2) is 8.54. The van der Waals surface area contributed by atoms with E-state index in [9.17, 15) is 22.8 Å². The molecular weight excluding hydrogens is 421 g/mol. The SMILES string of the molecule is Cn1c(=O)c2c(C(F)(F)F)cc(C3CCCN(CCc4ccccc4)C3)nc2n(C)c1=O. The topological polar surface area (TPSA) is 60.1 Å². The number of hydrogen-bond acceptors (Lipinski definition) is 4. The number of nitrogens with zero attached hydrogens (tertiary/aromatic N) is 4. The van der Waals surface area contributed by atoms with Crippen molar-refractivity contribution in [2.24, 2.45) is 14.1 Å². The summed E-state index contributed by atoms with van der Waals surface area (Å²) >= 11 is 0. The van der Waals surface area contributed by atoms with Crippen molar-refractivity contribution in [2.45, 2.75) is 31.4 Å². The normalized spacial score (nSPS) is 17.7. The molecule has 0 radical (unpaired) electrons. The molecule has 4 rings (SSSR count). The molecule has 0 spiro atoms. The predicted octanol–water partition coefficient (Wildman–Crippen LogP) is 3.07. The Hall–Kier alpha value is -2.94. The number of hydrogen-bond donors (Lipinski definition) is 0. The van der Waals surface area contributed by atoms with Crippen molar-refractivity contribution in [3.8, 4) is 0 Å². The molecule has 2 aromatic heterocycles.